The summed E-state index contributed by atoms with van der Waals surface area (Å²) in [7, 11) is 0. The van der Waals surface area contributed by atoms with E-state index in [1.54, 1.807) is 0 Å². The minimum absolute atomic E-state index is 0. The number of aliphatic carboxylic acids is 2. The minimum atomic E-state index is -1.39. The van der Waals surface area contributed by atoms with Crippen molar-refractivity contribution in [2.75, 3.05) is 13.2 Å². The van der Waals surface area contributed by atoms with E-state index in [0.29, 0.717) is 5.75 Å². The number of oxime groups is 1. The Labute approximate surface area is 232 Å². The SMILES string of the molecule is N[C@H](CCOc1ccc(/C(=N/O)C(=O)N[C@H]2CN([C@@H](C(=O)O)c3ccc(O)cc3)C2=O)cc1)C(=O)[O-].[Na+]. The summed E-state index contributed by atoms with van der Waals surface area (Å²) in [6.07, 6.45) is 0.0255. The van der Waals surface area contributed by atoms with E-state index in [4.69, 9.17) is 10.5 Å². The molecule has 1 aliphatic heterocycles. The van der Waals surface area contributed by atoms with Gasteiger partial charge in [0.2, 0.25) is 5.91 Å². The first kappa shape index (κ1) is 29.6. The third-order valence-corrected chi connectivity index (χ3v) is 5.46. The maximum absolute atomic E-state index is 12.6. The van der Waals surface area contributed by atoms with E-state index < -0.39 is 41.9 Å². The average Bonchev–Trinajstić information content (AvgIpc) is 2.85. The number of aromatic hydroxyl groups is 1. The number of phenols is 1. The number of amides is 2. The largest absolute Gasteiger partial charge is 1.00 e. The van der Waals surface area contributed by atoms with Gasteiger partial charge in [-0.2, -0.15) is 0 Å². The molecule has 0 spiro atoms. The molecule has 13 nitrogen and oxygen atoms in total. The van der Waals surface area contributed by atoms with Crippen LogP contribution >= 0.6 is 0 Å². The molecule has 2 aromatic carbocycles. The fraction of sp³-hybridized carbons (Fsp3) is 0.261. The molecule has 1 heterocycles. The molecule has 0 aliphatic carbocycles. The third kappa shape index (κ3) is 7.20. The van der Waals surface area contributed by atoms with Gasteiger partial charge in [0.05, 0.1) is 19.1 Å². The van der Waals surface area contributed by atoms with Crippen LogP contribution in [0.2, 0.25) is 0 Å². The molecule has 1 fully saturated rings. The summed E-state index contributed by atoms with van der Waals surface area (Å²) < 4.78 is 5.37. The second-order valence-electron chi connectivity index (χ2n) is 7.88. The zero-order valence-corrected chi connectivity index (χ0v) is 21.7. The van der Waals surface area contributed by atoms with E-state index >= 15 is 0 Å². The molecule has 0 saturated carbocycles. The number of carboxylic acids is 2. The number of benzene rings is 2. The number of carbonyl (C=O) groups is 4. The Balaban J connectivity index is 0.00000481. The molecule has 37 heavy (non-hydrogen) atoms. The second-order valence-corrected chi connectivity index (χ2v) is 7.88. The summed E-state index contributed by atoms with van der Waals surface area (Å²) in [5.41, 5.74) is 5.43. The summed E-state index contributed by atoms with van der Waals surface area (Å²) in [5.74, 6) is -3.88. The fourth-order valence-corrected chi connectivity index (χ4v) is 3.50. The summed E-state index contributed by atoms with van der Waals surface area (Å²) in [6, 6.07) is 7.64. The maximum Gasteiger partial charge on any atom is 1.00 e. The molecule has 3 atom stereocenters. The fourth-order valence-electron chi connectivity index (χ4n) is 3.50. The van der Waals surface area contributed by atoms with Crippen LogP contribution < -0.4 is 50.5 Å². The number of nitrogens with zero attached hydrogens (tertiary/aromatic N) is 2. The van der Waals surface area contributed by atoms with Gasteiger partial charge in [-0.1, -0.05) is 17.3 Å². The topological polar surface area (TPSA) is 215 Å². The monoisotopic (exact) mass is 522 g/mol. The number of phenolic OH excluding ortho intramolecular Hbond substituents is 1. The molecule has 1 saturated heterocycles. The Morgan fingerprint density at radius 2 is 1.78 bits per heavy atom. The average molecular weight is 522 g/mol. The van der Waals surface area contributed by atoms with Gasteiger partial charge >= 0.3 is 35.5 Å². The summed E-state index contributed by atoms with van der Waals surface area (Å²) in [4.78, 5) is 48.6. The van der Waals surface area contributed by atoms with Crippen molar-refractivity contribution in [1.29, 1.82) is 0 Å². The Morgan fingerprint density at radius 3 is 2.30 bits per heavy atom. The van der Waals surface area contributed by atoms with Crippen LogP contribution in [0.25, 0.3) is 0 Å². The van der Waals surface area contributed by atoms with Gasteiger partial charge in [0, 0.05) is 18.0 Å². The van der Waals surface area contributed by atoms with E-state index in [1.807, 2.05) is 0 Å². The van der Waals surface area contributed by atoms with Crippen LogP contribution in [-0.4, -0.2) is 75.0 Å². The number of rotatable bonds is 11. The zero-order chi connectivity index (χ0) is 26.4. The Kier molecular flexibility index (Phi) is 10.4. The van der Waals surface area contributed by atoms with Crippen molar-refractivity contribution in [1.82, 2.24) is 10.2 Å². The second kappa shape index (κ2) is 13.1. The molecule has 1 aliphatic rings. The van der Waals surface area contributed by atoms with Gasteiger partial charge in [0.1, 0.15) is 17.5 Å². The summed E-state index contributed by atoms with van der Waals surface area (Å²) in [6.45, 7) is -0.0837. The molecular formula is C23H23N4NaO9. The number of ether oxygens (including phenoxy) is 1. The van der Waals surface area contributed by atoms with Crippen molar-refractivity contribution < 1.29 is 74.0 Å². The van der Waals surface area contributed by atoms with Crippen LogP contribution in [0.1, 0.15) is 23.6 Å². The summed E-state index contributed by atoms with van der Waals surface area (Å²) >= 11 is 0. The van der Waals surface area contributed by atoms with E-state index in [2.05, 4.69) is 10.5 Å². The van der Waals surface area contributed by atoms with Gasteiger partial charge in [-0.3, -0.25) is 9.59 Å². The van der Waals surface area contributed by atoms with E-state index in [1.165, 1.54) is 48.5 Å². The number of likely N-dealkylation sites (tertiary alicyclic amines) is 1. The molecule has 6 N–H and O–H groups in total. The molecule has 0 bridgehead atoms. The van der Waals surface area contributed by atoms with Gasteiger partial charge in [-0.15, -0.1) is 0 Å². The number of hydrogen-bond donors (Lipinski definition) is 5. The summed E-state index contributed by atoms with van der Waals surface area (Å²) in [5, 5.41) is 44.4. The number of nitrogens with two attached hydrogens (primary N) is 1. The minimum Gasteiger partial charge on any atom is -0.548 e. The van der Waals surface area contributed by atoms with Crippen LogP contribution in [0, 0.1) is 0 Å². The first-order valence-electron chi connectivity index (χ1n) is 10.7. The van der Waals surface area contributed by atoms with Crippen molar-refractivity contribution >= 4 is 29.5 Å². The number of nitrogens with one attached hydrogen (secondary N) is 1. The molecule has 0 unspecified atom stereocenters. The number of carbonyl (C=O) groups excluding carboxylic acids is 3. The zero-order valence-electron chi connectivity index (χ0n) is 19.7. The van der Waals surface area contributed by atoms with Gasteiger partial charge in [0.25, 0.3) is 5.91 Å². The van der Waals surface area contributed by atoms with Crippen LogP contribution in [0.4, 0.5) is 0 Å². The van der Waals surface area contributed by atoms with E-state index in [9.17, 15) is 39.7 Å². The predicted octanol–water partition coefficient (Wildman–Crippen LogP) is -4.43. The normalized spacial score (nSPS) is 16.6. The van der Waals surface area contributed by atoms with Crippen molar-refractivity contribution in [3.05, 3.63) is 59.7 Å². The van der Waals surface area contributed by atoms with Crippen molar-refractivity contribution in [3.63, 3.8) is 0 Å². The van der Waals surface area contributed by atoms with E-state index in [0.717, 1.165) is 4.90 Å². The quantitative estimate of drug-likeness (QED) is 0.0627. The number of hydrogen-bond acceptors (Lipinski definition) is 10. The third-order valence-electron chi connectivity index (χ3n) is 5.46. The molecule has 2 amide bonds. The van der Waals surface area contributed by atoms with Crippen molar-refractivity contribution in [2.45, 2.75) is 24.5 Å². The Bertz CT molecular complexity index is 1170. The van der Waals surface area contributed by atoms with Crippen LogP contribution in [-0.2, 0) is 19.2 Å². The molecule has 0 aromatic heterocycles. The maximum atomic E-state index is 12.6. The van der Waals surface area contributed by atoms with Crippen molar-refractivity contribution in [3.8, 4) is 11.5 Å². The Morgan fingerprint density at radius 1 is 1.16 bits per heavy atom. The number of carboxylic acid groups (broad SMARTS) is 2. The molecule has 190 valence electrons. The van der Waals surface area contributed by atoms with Gasteiger partial charge in [-0.25, -0.2) is 4.79 Å². The van der Waals surface area contributed by atoms with Crippen molar-refractivity contribution in [2.24, 2.45) is 10.9 Å². The van der Waals surface area contributed by atoms with E-state index in [-0.39, 0.29) is 71.7 Å². The van der Waals surface area contributed by atoms with Gasteiger partial charge in [-0.05, 0) is 42.0 Å². The smallest absolute Gasteiger partial charge is 0.548 e. The van der Waals surface area contributed by atoms with Gasteiger partial charge < -0.3 is 46.0 Å². The molecule has 14 heteroatoms. The van der Waals surface area contributed by atoms with Gasteiger partial charge in [0.15, 0.2) is 11.8 Å². The Hall–Kier alpha value is -3.65. The standard InChI is InChI=1S/C23H24N4O9.Na/c24-16(22(31)32)9-10-36-15-7-3-12(4-8-15)18(26-35)20(29)25-17-11-27(21(17)30)19(23(33)34)13-1-5-14(28)6-2-13;/h1-8,16-17,19,28,35H,9-11,24H2,(H,25,29)(H,31,32)(H,33,34);/q;+1/p-1/b26-18-;/t16-,17+,19-;/m1./s1. The number of β-lactam (4-membered cyclic amide) rings is 1. The first-order valence-corrected chi connectivity index (χ1v) is 10.7. The molecule has 3 rings (SSSR count). The molecule has 0 radical (unpaired) electrons. The predicted molar refractivity (Wildman–Crippen MR) is 120 cm³/mol. The van der Waals surface area contributed by atoms with Crippen LogP contribution in [0.5, 0.6) is 11.5 Å². The van der Waals surface area contributed by atoms with Crippen LogP contribution in [0.15, 0.2) is 53.7 Å². The first-order chi connectivity index (χ1) is 17.1. The molecule has 2 aromatic rings. The molecular weight excluding hydrogens is 499 g/mol. The van der Waals surface area contributed by atoms with Crippen LogP contribution in [0.3, 0.4) is 0 Å².